The number of hydrogen-bond acceptors (Lipinski definition) is 3. The van der Waals surface area contributed by atoms with Crippen molar-refractivity contribution < 1.29 is 20.1 Å². The zero-order valence-electron chi connectivity index (χ0n) is 7.56. The number of benzene rings is 1. The van der Waals surface area contributed by atoms with Crippen LogP contribution in [0.4, 0.5) is 0 Å². The largest absolute Gasteiger partial charge is 0.504 e. The highest BCUT2D eigenvalue weighted by Gasteiger charge is 2.05. The lowest BCUT2D eigenvalue weighted by Gasteiger charge is -2.01. The van der Waals surface area contributed by atoms with E-state index >= 15 is 0 Å². The summed E-state index contributed by atoms with van der Waals surface area (Å²) in [6.07, 6.45) is 1.29. The monoisotopic (exact) mass is 194 g/mol. The molecule has 1 aromatic rings. The van der Waals surface area contributed by atoms with Crippen molar-refractivity contribution in [3.63, 3.8) is 0 Å². The van der Waals surface area contributed by atoms with E-state index in [9.17, 15) is 9.90 Å². The van der Waals surface area contributed by atoms with Gasteiger partial charge in [0.05, 0.1) is 0 Å². The number of carboxylic acid groups (broad SMARTS) is 1. The summed E-state index contributed by atoms with van der Waals surface area (Å²) >= 11 is 0. The van der Waals surface area contributed by atoms with Crippen molar-refractivity contribution in [2.24, 2.45) is 0 Å². The molecule has 0 aliphatic carbocycles. The van der Waals surface area contributed by atoms with Crippen LogP contribution in [0.25, 0.3) is 6.08 Å². The van der Waals surface area contributed by atoms with Gasteiger partial charge in [0.25, 0.3) is 0 Å². The molecular weight excluding hydrogens is 184 g/mol. The number of rotatable bonds is 2. The number of aromatic hydroxyl groups is 2. The molecule has 4 heteroatoms. The van der Waals surface area contributed by atoms with Crippen LogP contribution in [0.5, 0.6) is 11.5 Å². The molecule has 0 radical (unpaired) electrons. The predicted octanol–water partition coefficient (Wildman–Crippen LogP) is 1.59. The van der Waals surface area contributed by atoms with E-state index in [4.69, 9.17) is 10.2 Å². The van der Waals surface area contributed by atoms with Gasteiger partial charge in [0, 0.05) is 11.1 Å². The van der Waals surface area contributed by atoms with Crippen molar-refractivity contribution in [2.45, 2.75) is 6.92 Å². The molecule has 0 aliphatic rings. The zero-order chi connectivity index (χ0) is 10.7. The van der Waals surface area contributed by atoms with Gasteiger partial charge in [-0.1, -0.05) is 12.1 Å². The second-order valence-electron chi connectivity index (χ2n) is 2.85. The number of para-hydroxylation sites is 1. The van der Waals surface area contributed by atoms with Gasteiger partial charge in [-0.2, -0.15) is 0 Å². The fraction of sp³-hybridized carbons (Fsp3) is 0.100. The second-order valence-corrected chi connectivity index (χ2v) is 2.85. The van der Waals surface area contributed by atoms with Gasteiger partial charge in [0.2, 0.25) is 0 Å². The first-order valence-corrected chi connectivity index (χ1v) is 3.95. The quantitative estimate of drug-likeness (QED) is 0.493. The van der Waals surface area contributed by atoms with E-state index in [2.05, 4.69) is 0 Å². The molecule has 14 heavy (non-hydrogen) atoms. The van der Waals surface area contributed by atoms with Crippen LogP contribution in [0.15, 0.2) is 23.8 Å². The van der Waals surface area contributed by atoms with E-state index in [0.717, 1.165) is 0 Å². The number of hydrogen-bond donors (Lipinski definition) is 3. The van der Waals surface area contributed by atoms with Gasteiger partial charge in [-0.25, -0.2) is 4.79 Å². The Bertz CT molecular complexity index is 393. The molecule has 0 fully saturated rings. The molecule has 0 aliphatic heterocycles. The first-order valence-electron chi connectivity index (χ1n) is 3.95. The summed E-state index contributed by atoms with van der Waals surface area (Å²) in [5.41, 5.74) is 0.371. The Labute approximate surface area is 80.7 Å². The molecule has 0 saturated carbocycles. The SMILES string of the molecule is C/C(=C\c1cccc(O)c1O)C(=O)O. The highest BCUT2D eigenvalue weighted by molar-refractivity contribution is 5.92. The van der Waals surface area contributed by atoms with E-state index in [0.29, 0.717) is 0 Å². The fourth-order valence-electron chi connectivity index (χ4n) is 0.960. The molecule has 0 atom stereocenters. The number of aliphatic carboxylic acids is 1. The normalized spacial score (nSPS) is 11.4. The van der Waals surface area contributed by atoms with Crippen LogP contribution >= 0.6 is 0 Å². The summed E-state index contributed by atoms with van der Waals surface area (Å²) in [4.78, 5) is 10.5. The number of phenols is 2. The number of carboxylic acids is 1. The summed E-state index contributed by atoms with van der Waals surface area (Å²) in [5, 5.41) is 27.1. The van der Waals surface area contributed by atoms with Crippen LogP contribution in [0.2, 0.25) is 0 Å². The zero-order valence-corrected chi connectivity index (χ0v) is 7.56. The second kappa shape index (κ2) is 3.83. The van der Waals surface area contributed by atoms with Crippen LogP contribution in [0.3, 0.4) is 0 Å². The summed E-state index contributed by atoms with van der Waals surface area (Å²) < 4.78 is 0. The number of phenolic OH excluding ortho intramolecular Hbond substituents is 2. The Kier molecular flexibility index (Phi) is 2.76. The molecule has 0 unspecified atom stereocenters. The van der Waals surface area contributed by atoms with E-state index in [1.807, 2.05) is 0 Å². The number of carbonyl (C=O) groups is 1. The van der Waals surface area contributed by atoms with Gasteiger partial charge in [-0.15, -0.1) is 0 Å². The smallest absolute Gasteiger partial charge is 0.331 e. The van der Waals surface area contributed by atoms with Crippen LogP contribution in [-0.2, 0) is 4.79 Å². The van der Waals surface area contributed by atoms with Crippen molar-refractivity contribution in [3.8, 4) is 11.5 Å². The summed E-state index contributed by atoms with van der Waals surface area (Å²) in [6, 6.07) is 4.36. The minimum absolute atomic E-state index is 0.0888. The lowest BCUT2D eigenvalue weighted by atomic mass is 10.1. The van der Waals surface area contributed by atoms with Gasteiger partial charge in [0.1, 0.15) is 0 Å². The van der Waals surface area contributed by atoms with Gasteiger partial charge in [0.15, 0.2) is 11.5 Å². The molecule has 0 spiro atoms. The molecule has 0 bridgehead atoms. The van der Waals surface area contributed by atoms with E-state index in [1.54, 1.807) is 0 Å². The van der Waals surface area contributed by atoms with Gasteiger partial charge in [-0.05, 0) is 19.1 Å². The standard InChI is InChI=1S/C10H10O4/c1-6(10(13)14)5-7-3-2-4-8(11)9(7)12/h2-5,11-12H,1H3,(H,13,14)/b6-5+. The third kappa shape index (κ3) is 2.04. The molecule has 4 nitrogen and oxygen atoms in total. The van der Waals surface area contributed by atoms with Gasteiger partial charge in [-0.3, -0.25) is 0 Å². The molecule has 0 amide bonds. The Hall–Kier alpha value is -1.97. The Morgan fingerprint density at radius 3 is 2.57 bits per heavy atom. The van der Waals surface area contributed by atoms with Crippen LogP contribution < -0.4 is 0 Å². The first-order chi connectivity index (χ1) is 6.52. The Balaban J connectivity index is 3.15. The lowest BCUT2D eigenvalue weighted by molar-refractivity contribution is -0.132. The minimum Gasteiger partial charge on any atom is -0.504 e. The van der Waals surface area contributed by atoms with Crippen molar-refractivity contribution in [2.75, 3.05) is 0 Å². The lowest BCUT2D eigenvalue weighted by Crippen LogP contribution is -1.95. The maximum Gasteiger partial charge on any atom is 0.331 e. The summed E-state index contributed by atoms with van der Waals surface area (Å²) in [5.74, 6) is -1.64. The third-order valence-electron chi connectivity index (χ3n) is 1.76. The molecule has 0 aromatic heterocycles. The molecule has 3 N–H and O–H groups in total. The highest BCUT2D eigenvalue weighted by Crippen LogP contribution is 2.29. The molecule has 1 rings (SSSR count). The van der Waals surface area contributed by atoms with Crippen molar-refractivity contribution in [3.05, 3.63) is 29.3 Å². The Morgan fingerprint density at radius 2 is 2.00 bits per heavy atom. The van der Waals surface area contributed by atoms with Crippen molar-refractivity contribution in [1.29, 1.82) is 0 Å². The average Bonchev–Trinajstić information content (AvgIpc) is 2.12. The highest BCUT2D eigenvalue weighted by atomic mass is 16.4. The molecule has 1 aromatic carbocycles. The van der Waals surface area contributed by atoms with Crippen molar-refractivity contribution in [1.82, 2.24) is 0 Å². The average molecular weight is 194 g/mol. The van der Waals surface area contributed by atoms with Crippen LogP contribution in [0, 0.1) is 0 Å². The van der Waals surface area contributed by atoms with Gasteiger partial charge < -0.3 is 15.3 Å². The Morgan fingerprint density at radius 1 is 1.36 bits per heavy atom. The molecule has 74 valence electrons. The molecule has 0 saturated heterocycles. The van der Waals surface area contributed by atoms with Crippen LogP contribution in [0.1, 0.15) is 12.5 Å². The minimum atomic E-state index is -1.06. The first kappa shape index (κ1) is 10.1. The van der Waals surface area contributed by atoms with E-state index in [-0.39, 0.29) is 22.6 Å². The maximum atomic E-state index is 10.5. The van der Waals surface area contributed by atoms with Gasteiger partial charge >= 0.3 is 5.97 Å². The van der Waals surface area contributed by atoms with E-state index in [1.165, 1.54) is 31.2 Å². The van der Waals surface area contributed by atoms with Crippen molar-refractivity contribution >= 4 is 12.0 Å². The predicted molar refractivity (Wildman–Crippen MR) is 51.1 cm³/mol. The molecule has 0 heterocycles. The summed E-state index contributed by atoms with van der Waals surface area (Å²) in [7, 11) is 0. The maximum absolute atomic E-state index is 10.5. The van der Waals surface area contributed by atoms with Crippen LogP contribution in [-0.4, -0.2) is 21.3 Å². The summed E-state index contributed by atoms with van der Waals surface area (Å²) in [6.45, 7) is 1.41. The third-order valence-corrected chi connectivity index (χ3v) is 1.76. The van der Waals surface area contributed by atoms with E-state index < -0.39 is 5.97 Å². The topological polar surface area (TPSA) is 77.8 Å². The fourth-order valence-corrected chi connectivity index (χ4v) is 0.960. The molecular formula is C10H10O4.